The minimum absolute atomic E-state index is 0.0550. The number of hydrogen-bond donors (Lipinski definition) is 1. The van der Waals surface area contributed by atoms with E-state index < -0.39 is 5.63 Å². The van der Waals surface area contributed by atoms with Gasteiger partial charge in [-0.25, -0.2) is 4.79 Å². The van der Waals surface area contributed by atoms with E-state index in [9.17, 15) is 9.90 Å². The first-order valence-corrected chi connectivity index (χ1v) is 6.10. The normalized spacial score (nSPS) is 14.7. The van der Waals surface area contributed by atoms with Crippen molar-refractivity contribution in [3.05, 3.63) is 52.1 Å². The van der Waals surface area contributed by atoms with E-state index in [-0.39, 0.29) is 17.2 Å². The maximum absolute atomic E-state index is 11.6. The molecule has 0 aliphatic heterocycles. The van der Waals surface area contributed by atoms with Crippen LogP contribution in [0.5, 0.6) is 5.75 Å². The zero-order chi connectivity index (χ0) is 12.7. The summed E-state index contributed by atoms with van der Waals surface area (Å²) in [6, 6.07) is 9.57. The molecule has 0 amide bonds. The number of rotatable bonds is 2. The quantitative estimate of drug-likeness (QED) is 0.879. The van der Waals surface area contributed by atoms with Crippen molar-refractivity contribution < 1.29 is 9.52 Å². The van der Waals surface area contributed by atoms with E-state index in [2.05, 4.69) is 0 Å². The number of hydrogen-bond acceptors (Lipinski definition) is 3. The van der Waals surface area contributed by atoms with Gasteiger partial charge in [0.2, 0.25) is 0 Å². The van der Waals surface area contributed by atoms with Crippen molar-refractivity contribution in [2.45, 2.75) is 25.7 Å². The van der Waals surface area contributed by atoms with Crippen LogP contribution in [0.1, 0.15) is 30.1 Å². The van der Waals surface area contributed by atoms with Gasteiger partial charge in [-0.15, -0.1) is 0 Å². The summed E-state index contributed by atoms with van der Waals surface area (Å²) in [5.41, 5.74) is 1.41. The van der Waals surface area contributed by atoms with Crippen LogP contribution in [-0.2, 0) is 0 Å². The van der Waals surface area contributed by atoms with Gasteiger partial charge in [-0.2, -0.15) is 0 Å². The molecule has 3 nitrogen and oxygen atoms in total. The molecule has 1 aliphatic carbocycles. The third-order valence-corrected chi connectivity index (χ3v) is 3.36. The largest absolute Gasteiger partial charge is 0.507 e. The van der Waals surface area contributed by atoms with Gasteiger partial charge < -0.3 is 9.52 Å². The first-order valence-electron chi connectivity index (χ1n) is 6.10. The smallest absolute Gasteiger partial charge is 0.342 e. The van der Waals surface area contributed by atoms with Gasteiger partial charge in [0.05, 0.1) is 11.1 Å². The Morgan fingerprint density at radius 1 is 1.22 bits per heavy atom. The Balaban J connectivity index is 2.30. The average Bonchev–Trinajstić information content (AvgIpc) is 3.21. The zero-order valence-electron chi connectivity index (χ0n) is 10.1. The van der Waals surface area contributed by atoms with Crippen LogP contribution in [0.2, 0.25) is 0 Å². The molecule has 1 heterocycles. The third-order valence-electron chi connectivity index (χ3n) is 3.36. The molecular formula is C15H14O3. The van der Waals surface area contributed by atoms with Crippen LogP contribution in [-0.4, -0.2) is 5.11 Å². The molecule has 92 valence electrons. The van der Waals surface area contributed by atoms with Crippen molar-refractivity contribution in [1.29, 1.82) is 0 Å². The average molecular weight is 242 g/mol. The van der Waals surface area contributed by atoms with Gasteiger partial charge in [-0.05, 0) is 25.3 Å². The molecule has 0 radical (unpaired) electrons. The summed E-state index contributed by atoms with van der Waals surface area (Å²) in [5, 5.41) is 10.2. The Labute approximate surface area is 105 Å². The van der Waals surface area contributed by atoms with Crippen molar-refractivity contribution >= 4 is 0 Å². The minimum atomic E-state index is -0.436. The van der Waals surface area contributed by atoms with Gasteiger partial charge in [-0.1, -0.05) is 30.3 Å². The van der Waals surface area contributed by atoms with Crippen LogP contribution < -0.4 is 5.63 Å². The van der Waals surface area contributed by atoms with Gasteiger partial charge in [0, 0.05) is 5.92 Å². The van der Waals surface area contributed by atoms with Gasteiger partial charge in [0.15, 0.2) is 0 Å². The summed E-state index contributed by atoms with van der Waals surface area (Å²) in [4.78, 5) is 11.6. The SMILES string of the molecule is Cc1c(O)c(-c2ccccc2)c(C2CC2)oc1=O. The fraction of sp³-hybridized carbons (Fsp3) is 0.267. The molecule has 0 spiro atoms. The molecular weight excluding hydrogens is 228 g/mol. The zero-order valence-corrected chi connectivity index (χ0v) is 10.1. The molecule has 1 aromatic heterocycles. The predicted molar refractivity (Wildman–Crippen MR) is 68.8 cm³/mol. The Morgan fingerprint density at radius 3 is 2.50 bits per heavy atom. The molecule has 0 bridgehead atoms. The van der Waals surface area contributed by atoms with E-state index in [1.165, 1.54) is 0 Å². The highest BCUT2D eigenvalue weighted by atomic mass is 16.4. The van der Waals surface area contributed by atoms with Gasteiger partial charge in [0.1, 0.15) is 11.5 Å². The molecule has 2 aromatic rings. The van der Waals surface area contributed by atoms with E-state index >= 15 is 0 Å². The fourth-order valence-electron chi connectivity index (χ4n) is 2.15. The Hall–Kier alpha value is -2.03. The second-order valence-corrected chi connectivity index (χ2v) is 4.74. The first-order chi connectivity index (χ1) is 8.68. The van der Waals surface area contributed by atoms with Gasteiger partial charge >= 0.3 is 5.63 Å². The van der Waals surface area contributed by atoms with Crippen LogP contribution in [0.15, 0.2) is 39.5 Å². The summed E-state index contributed by atoms with van der Waals surface area (Å²) in [6.45, 7) is 1.59. The highest BCUT2D eigenvalue weighted by Crippen LogP contribution is 2.47. The second kappa shape index (κ2) is 4.02. The molecule has 1 fully saturated rings. The molecule has 0 unspecified atom stereocenters. The van der Waals surface area contributed by atoms with Crippen LogP contribution in [0.3, 0.4) is 0 Å². The first kappa shape index (κ1) is 11.1. The maximum Gasteiger partial charge on any atom is 0.342 e. The topological polar surface area (TPSA) is 50.4 Å². The van der Waals surface area contributed by atoms with Crippen LogP contribution in [0.25, 0.3) is 11.1 Å². The van der Waals surface area contributed by atoms with Crippen molar-refractivity contribution in [2.24, 2.45) is 0 Å². The van der Waals surface area contributed by atoms with Crippen molar-refractivity contribution in [3.63, 3.8) is 0 Å². The van der Waals surface area contributed by atoms with E-state index in [4.69, 9.17) is 4.42 Å². The highest BCUT2D eigenvalue weighted by molar-refractivity contribution is 5.73. The predicted octanol–water partition coefficient (Wildman–Crippen LogP) is 3.20. The molecule has 1 aliphatic rings. The summed E-state index contributed by atoms with van der Waals surface area (Å²) in [6.07, 6.45) is 2.04. The van der Waals surface area contributed by atoms with Crippen LogP contribution >= 0.6 is 0 Å². The molecule has 0 atom stereocenters. The van der Waals surface area contributed by atoms with E-state index in [0.29, 0.717) is 11.3 Å². The summed E-state index contributed by atoms with van der Waals surface area (Å²) in [7, 11) is 0. The summed E-state index contributed by atoms with van der Waals surface area (Å²) in [5.74, 6) is 0.966. The number of benzene rings is 1. The summed E-state index contributed by atoms with van der Waals surface area (Å²) >= 11 is 0. The molecule has 0 saturated heterocycles. The lowest BCUT2D eigenvalue weighted by molar-refractivity contribution is 0.421. The summed E-state index contributed by atoms with van der Waals surface area (Å²) < 4.78 is 5.38. The molecule has 1 saturated carbocycles. The van der Waals surface area contributed by atoms with Crippen LogP contribution in [0, 0.1) is 6.92 Å². The lowest BCUT2D eigenvalue weighted by atomic mass is 10.00. The van der Waals surface area contributed by atoms with E-state index in [0.717, 1.165) is 18.4 Å². The van der Waals surface area contributed by atoms with Crippen molar-refractivity contribution in [3.8, 4) is 16.9 Å². The van der Waals surface area contributed by atoms with Crippen molar-refractivity contribution in [2.75, 3.05) is 0 Å². The van der Waals surface area contributed by atoms with E-state index in [1.54, 1.807) is 6.92 Å². The van der Waals surface area contributed by atoms with Crippen molar-refractivity contribution in [1.82, 2.24) is 0 Å². The fourth-order valence-corrected chi connectivity index (χ4v) is 2.15. The Kier molecular flexibility index (Phi) is 2.47. The molecule has 1 N–H and O–H groups in total. The maximum atomic E-state index is 11.6. The standard InChI is InChI=1S/C15H14O3/c1-9-13(16)12(10-5-3-2-4-6-10)14(11-7-8-11)18-15(9)17/h2-6,11,16H,7-8H2,1H3. The lowest BCUT2D eigenvalue weighted by Gasteiger charge is -2.11. The Morgan fingerprint density at radius 2 is 1.89 bits per heavy atom. The third kappa shape index (κ3) is 1.72. The van der Waals surface area contributed by atoms with E-state index in [1.807, 2.05) is 30.3 Å². The highest BCUT2D eigenvalue weighted by Gasteiger charge is 2.32. The van der Waals surface area contributed by atoms with Crippen LogP contribution in [0.4, 0.5) is 0 Å². The minimum Gasteiger partial charge on any atom is -0.507 e. The monoisotopic (exact) mass is 242 g/mol. The molecule has 18 heavy (non-hydrogen) atoms. The lowest BCUT2D eigenvalue weighted by Crippen LogP contribution is -2.07. The number of aromatic hydroxyl groups is 1. The molecule has 3 rings (SSSR count). The molecule has 1 aromatic carbocycles. The van der Waals surface area contributed by atoms with Gasteiger partial charge in [-0.3, -0.25) is 0 Å². The Bertz CT molecular complexity index is 637. The molecule has 3 heteroatoms. The van der Waals surface area contributed by atoms with Gasteiger partial charge in [0.25, 0.3) is 0 Å². The second-order valence-electron chi connectivity index (χ2n) is 4.74.